The molecule has 1 aromatic rings. The molecule has 16 heavy (non-hydrogen) atoms. The first-order valence-corrected chi connectivity index (χ1v) is 4.95. The number of carbonyl (C=O) groups is 2. The number of methoxy groups -OCH3 is 1. The zero-order valence-electron chi connectivity index (χ0n) is 9.59. The Labute approximate surface area is 93.4 Å². The molecule has 1 heterocycles. The summed E-state index contributed by atoms with van der Waals surface area (Å²) in [5.41, 5.74) is 2.87. The third-order valence-electron chi connectivity index (χ3n) is 2.57. The molecular formula is C11H15NO4. The van der Waals surface area contributed by atoms with Gasteiger partial charge in [0.05, 0.1) is 7.11 Å². The predicted molar refractivity (Wildman–Crippen MR) is 57.6 cm³/mol. The van der Waals surface area contributed by atoms with Gasteiger partial charge in [0, 0.05) is 12.1 Å². The van der Waals surface area contributed by atoms with Gasteiger partial charge in [-0.3, -0.25) is 4.79 Å². The number of nitrogens with one attached hydrogen (secondary N) is 1. The number of aryl methyl sites for hydroxylation is 1. The van der Waals surface area contributed by atoms with Crippen LogP contribution in [0.4, 0.5) is 0 Å². The van der Waals surface area contributed by atoms with E-state index >= 15 is 0 Å². The lowest BCUT2D eigenvalue weighted by Gasteiger charge is -2.00. The number of carboxylic acid groups (broad SMARTS) is 1. The molecule has 0 aromatic carbocycles. The highest BCUT2D eigenvalue weighted by Crippen LogP contribution is 2.20. The van der Waals surface area contributed by atoms with Gasteiger partial charge in [-0.05, 0) is 31.4 Å². The SMILES string of the molecule is COC(=O)c1[nH]c(C)c(CCC(=O)O)c1C. The van der Waals surface area contributed by atoms with Gasteiger partial charge >= 0.3 is 11.9 Å². The molecule has 2 N–H and O–H groups in total. The second-order valence-corrected chi connectivity index (χ2v) is 3.61. The number of hydrogen-bond acceptors (Lipinski definition) is 3. The minimum Gasteiger partial charge on any atom is -0.481 e. The molecule has 5 nitrogen and oxygen atoms in total. The van der Waals surface area contributed by atoms with Gasteiger partial charge in [0.1, 0.15) is 5.69 Å². The van der Waals surface area contributed by atoms with Crippen molar-refractivity contribution in [2.45, 2.75) is 26.7 Å². The lowest BCUT2D eigenvalue weighted by Crippen LogP contribution is -2.04. The van der Waals surface area contributed by atoms with Crippen LogP contribution in [0.25, 0.3) is 0 Å². The van der Waals surface area contributed by atoms with Crippen LogP contribution in [0, 0.1) is 13.8 Å². The molecule has 0 spiro atoms. The maximum absolute atomic E-state index is 11.4. The molecule has 0 saturated carbocycles. The number of aliphatic carboxylic acids is 1. The van der Waals surface area contributed by atoms with Crippen LogP contribution in [0.5, 0.6) is 0 Å². The lowest BCUT2D eigenvalue weighted by molar-refractivity contribution is -0.136. The fourth-order valence-electron chi connectivity index (χ4n) is 1.70. The van der Waals surface area contributed by atoms with Crippen molar-refractivity contribution in [3.63, 3.8) is 0 Å². The van der Waals surface area contributed by atoms with E-state index in [1.165, 1.54) is 7.11 Å². The summed E-state index contributed by atoms with van der Waals surface area (Å²) in [4.78, 5) is 24.8. The molecule has 0 unspecified atom stereocenters. The van der Waals surface area contributed by atoms with Gasteiger partial charge in [-0.25, -0.2) is 4.79 Å². The molecule has 0 fully saturated rings. The molecule has 88 valence electrons. The molecule has 0 aliphatic heterocycles. The van der Waals surface area contributed by atoms with E-state index < -0.39 is 11.9 Å². The summed E-state index contributed by atoms with van der Waals surface area (Å²) in [6, 6.07) is 0. The highest BCUT2D eigenvalue weighted by Gasteiger charge is 2.17. The minimum absolute atomic E-state index is 0.0557. The predicted octanol–water partition coefficient (Wildman–Crippen LogP) is 1.44. The van der Waals surface area contributed by atoms with Crippen LogP contribution in [0.2, 0.25) is 0 Å². The van der Waals surface area contributed by atoms with Gasteiger partial charge in [-0.15, -0.1) is 0 Å². The summed E-state index contributed by atoms with van der Waals surface area (Å²) in [6.07, 6.45) is 0.473. The van der Waals surface area contributed by atoms with Crippen LogP contribution < -0.4 is 0 Å². The monoisotopic (exact) mass is 225 g/mol. The zero-order chi connectivity index (χ0) is 12.3. The molecular weight excluding hydrogens is 210 g/mol. The van der Waals surface area contributed by atoms with Crippen molar-refractivity contribution < 1.29 is 19.4 Å². The number of H-pyrrole nitrogens is 1. The number of rotatable bonds is 4. The lowest BCUT2D eigenvalue weighted by atomic mass is 10.1. The zero-order valence-corrected chi connectivity index (χ0v) is 9.59. The molecule has 0 amide bonds. The second kappa shape index (κ2) is 4.83. The Morgan fingerprint density at radius 1 is 1.38 bits per heavy atom. The van der Waals surface area contributed by atoms with Crippen molar-refractivity contribution in [2.24, 2.45) is 0 Å². The van der Waals surface area contributed by atoms with Crippen molar-refractivity contribution in [1.29, 1.82) is 0 Å². The summed E-state index contributed by atoms with van der Waals surface area (Å²) in [5.74, 6) is -1.28. The van der Waals surface area contributed by atoms with E-state index in [2.05, 4.69) is 9.72 Å². The molecule has 0 atom stereocenters. The largest absolute Gasteiger partial charge is 0.481 e. The summed E-state index contributed by atoms with van der Waals surface area (Å²) in [5, 5.41) is 8.62. The highest BCUT2D eigenvalue weighted by atomic mass is 16.5. The van der Waals surface area contributed by atoms with E-state index in [9.17, 15) is 9.59 Å². The maximum Gasteiger partial charge on any atom is 0.354 e. The van der Waals surface area contributed by atoms with Crippen LogP contribution in [-0.4, -0.2) is 29.1 Å². The van der Waals surface area contributed by atoms with Gasteiger partial charge < -0.3 is 14.8 Å². The number of esters is 1. The fraction of sp³-hybridized carbons (Fsp3) is 0.455. The van der Waals surface area contributed by atoms with E-state index in [1.807, 2.05) is 6.92 Å². The number of hydrogen-bond donors (Lipinski definition) is 2. The van der Waals surface area contributed by atoms with Crippen LogP contribution in [-0.2, 0) is 16.0 Å². The number of carboxylic acids is 1. The Bertz CT molecular complexity index is 420. The quantitative estimate of drug-likeness (QED) is 0.760. The smallest absolute Gasteiger partial charge is 0.354 e. The Morgan fingerprint density at radius 3 is 2.50 bits per heavy atom. The summed E-state index contributed by atoms with van der Waals surface area (Å²) in [7, 11) is 1.31. The first kappa shape index (κ1) is 12.3. The fourth-order valence-corrected chi connectivity index (χ4v) is 1.70. The first-order chi connectivity index (χ1) is 7.47. The standard InChI is InChI=1S/C11H15NO4/c1-6-8(4-5-9(13)14)7(2)12-10(6)11(15)16-3/h12H,4-5H2,1-3H3,(H,13,14). The molecule has 0 aliphatic carbocycles. The van der Waals surface area contributed by atoms with Crippen molar-refractivity contribution in [3.05, 3.63) is 22.5 Å². The molecule has 0 saturated heterocycles. The normalized spacial score (nSPS) is 10.2. The van der Waals surface area contributed by atoms with Crippen molar-refractivity contribution in [2.75, 3.05) is 7.11 Å². The van der Waals surface area contributed by atoms with Gasteiger partial charge in [-0.2, -0.15) is 0 Å². The Hall–Kier alpha value is -1.78. The van der Waals surface area contributed by atoms with E-state index in [-0.39, 0.29) is 6.42 Å². The van der Waals surface area contributed by atoms with E-state index in [1.54, 1.807) is 6.92 Å². The summed E-state index contributed by atoms with van der Waals surface area (Å²) >= 11 is 0. The summed E-state index contributed by atoms with van der Waals surface area (Å²) < 4.78 is 4.62. The molecule has 1 rings (SSSR count). The number of carbonyl (C=O) groups excluding carboxylic acids is 1. The van der Waals surface area contributed by atoms with Gasteiger partial charge in [0.25, 0.3) is 0 Å². The van der Waals surface area contributed by atoms with Gasteiger partial charge in [0.2, 0.25) is 0 Å². The number of ether oxygens (including phenoxy) is 1. The third kappa shape index (κ3) is 2.42. The third-order valence-corrected chi connectivity index (χ3v) is 2.57. The summed E-state index contributed by atoms with van der Waals surface area (Å²) in [6.45, 7) is 3.60. The number of aromatic amines is 1. The molecule has 1 aromatic heterocycles. The van der Waals surface area contributed by atoms with Crippen molar-refractivity contribution in [1.82, 2.24) is 4.98 Å². The van der Waals surface area contributed by atoms with Crippen LogP contribution in [0.15, 0.2) is 0 Å². The van der Waals surface area contributed by atoms with E-state index in [0.29, 0.717) is 12.1 Å². The highest BCUT2D eigenvalue weighted by molar-refractivity contribution is 5.89. The molecule has 5 heteroatoms. The van der Waals surface area contributed by atoms with Crippen molar-refractivity contribution in [3.8, 4) is 0 Å². The minimum atomic E-state index is -0.848. The number of aromatic nitrogens is 1. The maximum atomic E-state index is 11.4. The van der Waals surface area contributed by atoms with E-state index in [4.69, 9.17) is 5.11 Å². The van der Waals surface area contributed by atoms with Crippen molar-refractivity contribution >= 4 is 11.9 Å². The second-order valence-electron chi connectivity index (χ2n) is 3.61. The van der Waals surface area contributed by atoms with Crippen LogP contribution >= 0.6 is 0 Å². The first-order valence-electron chi connectivity index (χ1n) is 4.95. The Balaban J connectivity index is 2.97. The Morgan fingerprint density at radius 2 is 2.00 bits per heavy atom. The van der Waals surface area contributed by atoms with Crippen LogP contribution in [0.1, 0.15) is 33.7 Å². The average Bonchev–Trinajstić information content (AvgIpc) is 2.51. The average molecular weight is 225 g/mol. The molecule has 0 bridgehead atoms. The van der Waals surface area contributed by atoms with Gasteiger partial charge in [0.15, 0.2) is 0 Å². The topological polar surface area (TPSA) is 79.4 Å². The van der Waals surface area contributed by atoms with E-state index in [0.717, 1.165) is 16.8 Å². The molecule has 0 radical (unpaired) electrons. The van der Waals surface area contributed by atoms with Crippen LogP contribution in [0.3, 0.4) is 0 Å². The Kier molecular flexibility index (Phi) is 3.71. The van der Waals surface area contributed by atoms with Gasteiger partial charge in [-0.1, -0.05) is 0 Å². The molecule has 0 aliphatic rings.